The molecule has 0 aromatic carbocycles. The van der Waals surface area contributed by atoms with Crippen LogP contribution in [-0.4, -0.2) is 71.7 Å². The number of hydrazine groups is 2. The van der Waals surface area contributed by atoms with Gasteiger partial charge in [0.15, 0.2) is 6.04 Å². The molecule has 2 unspecified atom stereocenters. The van der Waals surface area contributed by atoms with Crippen molar-refractivity contribution in [1.82, 2.24) is 20.9 Å². The van der Waals surface area contributed by atoms with E-state index in [0.29, 0.717) is 19.4 Å². The molecule has 212 valence electrons. The second-order valence-corrected chi connectivity index (χ2v) is 10.8. The smallest absolute Gasteiger partial charge is 0.331 e. The number of amides is 2. The van der Waals surface area contributed by atoms with Crippen LogP contribution in [0.3, 0.4) is 0 Å². The number of rotatable bonds is 6. The highest BCUT2D eigenvalue weighted by molar-refractivity contribution is 5.86. The van der Waals surface area contributed by atoms with Crippen molar-refractivity contribution in [3.63, 3.8) is 0 Å². The van der Waals surface area contributed by atoms with Gasteiger partial charge >= 0.3 is 11.9 Å². The zero-order chi connectivity index (χ0) is 28.7. The predicted molar refractivity (Wildman–Crippen MR) is 141 cm³/mol. The number of unbranched alkanes of at least 4 members (excludes halogenated alkanes) is 1. The average molecular weight is 517 g/mol. The van der Waals surface area contributed by atoms with E-state index < -0.39 is 17.6 Å². The van der Waals surface area contributed by atoms with E-state index in [1.165, 1.54) is 23.9 Å². The number of ether oxygens (including phenoxy) is 2. The number of carbonyl (C=O) groups is 4. The van der Waals surface area contributed by atoms with Crippen LogP contribution in [0.5, 0.6) is 0 Å². The predicted octanol–water partition coefficient (Wildman–Crippen LogP) is 3.60. The zero-order valence-corrected chi connectivity index (χ0v) is 24.7. The van der Waals surface area contributed by atoms with Crippen LogP contribution >= 0.6 is 0 Å². The molecule has 1 rings (SSSR count). The van der Waals surface area contributed by atoms with Gasteiger partial charge in [-0.15, -0.1) is 0 Å². The van der Waals surface area contributed by atoms with Crippen LogP contribution in [0, 0.1) is 5.92 Å². The third kappa shape index (κ3) is 16.5. The van der Waals surface area contributed by atoms with Gasteiger partial charge in [-0.05, 0) is 74.9 Å². The maximum Gasteiger partial charge on any atom is 0.331 e. The molecule has 36 heavy (non-hydrogen) atoms. The highest BCUT2D eigenvalue weighted by atomic mass is 16.6. The molecule has 1 heterocycles. The lowest BCUT2D eigenvalue weighted by Crippen LogP contribution is -2.59. The van der Waals surface area contributed by atoms with E-state index in [0.717, 1.165) is 19.3 Å². The van der Waals surface area contributed by atoms with Gasteiger partial charge in [-0.25, -0.2) is 9.80 Å². The van der Waals surface area contributed by atoms with E-state index >= 15 is 0 Å². The van der Waals surface area contributed by atoms with Gasteiger partial charge in [0.1, 0.15) is 11.2 Å². The largest absolute Gasteiger partial charge is 0.460 e. The highest BCUT2D eigenvalue weighted by Crippen LogP contribution is 2.22. The van der Waals surface area contributed by atoms with Crippen LogP contribution in [0.4, 0.5) is 0 Å². The van der Waals surface area contributed by atoms with E-state index in [4.69, 9.17) is 9.47 Å². The fourth-order valence-electron chi connectivity index (χ4n) is 3.15. The highest BCUT2D eigenvalue weighted by Gasteiger charge is 2.39. The summed E-state index contributed by atoms with van der Waals surface area (Å²) < 4.78 is 10.6. The molecule has 10 nitrogen and oxygen atoms in total. The number of carbonyl (C=O) groups excluding carboxylic acids is 4. The molecule has 2 atom stereocenters. The van der Waals surface area contributed by atoms with Crippen molar-refractivity contribution in [1.29, 1.82) is 0 Å². The van der Waals surface area contributed by atoms with E-state index in [2.05, 4.69) is 17.8 Å². The van der Waals surface area contributed by atoms with Gasteiger partial charge in [-0.2, -0.15) is 0 Å². The van der Waals surface area contributed by atoms with E-state index in [-0.39, 0.29) is 29.3 Å². The summed E-state index contributed by atoms with van der Waals surface area (Å²) in [7, 11) is 3.64. The monoisotopic (exact) mass is 516 g/mol. The van der Waals surface area contributed by atoms with Crippen molar-refractivity contribution in [2.75, 3.05) is 20.6 Å². The lowest BCUT2D eigenvalue weighted by atomic mass is 10.0. The minimum absolute atomic E-state index is 0.0409. The summed E-state index contributed by atoms with van der Waals surface area (Å²) in [5, 5.41) is 2.54. The van der Waals surface area contributed by atoms with Gasteiger partial charge < -0.3 is 9.47 Å². The molecule has 1 saturated heterocycles. The molecule has 10 heteroatoms. The quantitative estimate of drug-likeness (QED) is 0.406. The summed E-state index contributed by atoms with van der Waals surface area (Å²) in [4.78, 5) is 46.9. The summed E-state index contributed by atoms with van der Waals surface area (Å²) in [5.41, 5.74) is 4.40. The van der Waals surface area contributed by atoms with Crippen LogP contribution in [0.25, 0.3) is 0 Å². The topological polar surface area (TPSA) is 117 Å². The number of nitrogens with one attached hydrogen (secondary N) is 2. The van der Waals surface area contributed by atoms with Gasteiger partial charge in [-0.1, -0.05) is 26.7 Å². The van der Waals surface area contributed by atoms with Crippen molar-refractivity contribution >= 4 is 23.8 Å². The molecule has 0 aromatic heterocycles. The summed E-state index contributed by atoms with van der Waals surface area (Å²) in [6.07, 6.45) is 4.35. The molecule has 0 radical (unpaired) electrons. The molecule has 2 amide bonds. The standard InChI is InChI=1S/C13H22N2O4.C11H22O2.C2H8N2/c1-9(16)14-8-6-7-11(15(14)10(2)17)12(18)19-13(3,4)5;1-6-7-8-9(2)10(12)13-11(3,4)5;1-3-4-2/h11H,6-8H2,1-5H3;9H,6-8H2,1-5H3;3-4H,1-2H3. The first-order valence-corrected chi connectivity index (χ1v) is 12.8. The Kier molecular flexibility index (Phi) is 17.3. The number of nitrogens with zero attached hydrogens (tertiary/aromatic N) is 2. The summed E-state index contributed by atoms with van der Waals surface area (Å²) in [5.74, 6) is -1.07. The Hall–Kier alpha value is -2.20. The first-order valence-electron chi connectivity index (χ1n) is 12.8. The minimum Gasteiger partial charge on any atom is -0.460 e. The third-order valence-electron chi connectivity index (χ3n) is 4.82. The molecular weight excluding hydrogens is 464 g/mol. The molecule has 1 aliphatic heterocycles. The Morgan fingerprint density at radius 3 is 1.78 bits per heavy atom. The maximum absolute atomic E-state index is 12.1. The number of hydrogen-bond acceptors (Lipinski definition) is 8. The van der Waals surface area contributed by atoms with E-state index in [9.17, 15) is 19.2 Å². The van der Waals surface area contributed by atoms with Crippen LogP contribution in [0.1, 0.15) is 101 Å². The van der Waals surface area contributed by atoms with Gasteiger partial charge in [0.2, 0.25) is 11.8 Å². The van der Waals surface area contributed by atoms with Gasteiger partial charge in [-0.3, -0.25) is 30.2 Å². The fourth-order valence-corrected chi connectivity index (χ4v) is 3.15. The van der Waals surface area contributed by atoms with Crippen molar-refractivity contribution in [2.45, 2.75) is 119 Å². The average Bonchev–Trinajstić information content (AvgIpc) is 2.74. The molecule has 1 fully saturated rings. The van der Waals surface area contributed by atoms with Crippen molar-refractivity contribution in [2.24, 2.45) is 5.92 Å². The molecule has 0 spiro atoms. The van der Waals surface area contributed by atoms with Crippen LogP contribution in [0.15, 0.2) is 0 Å². The molecule has 1 aliphatic rings. The number of hydrogen-bond donors (Lipinski definition) is 2. The fraction of sp³-hybridized carbons (Fsp3) is 0.846. The first kappa shape index (κ1) is 36.0. The van der Waals surface area contributed by atoms with E-state index in [1.807, 2.05) is 41.8 Å². The maximum atomic E-state index is 12.1. The SMILES string of the molecule is CC(=O)N1CCCC(C(=O)OC(C)(C)C)N1C(C)=O.CCCCC(C)C(=O)OC(C)(C)C.CNNC. The second-order valence-electron chi connectivity index (χ2n) is 10.8. The molecule has 0 saturated carbocycles. The van der Waals surface area contributed by atoms with Crippen molar-refractivity contribution in [3.8, 4) is 0 Å². The normalized spacial score (nSPS) is 16.5. The van der Waals surface area contributed by atoms with Crippen molar-refractivity contribution < 1.29 is 28.7 Å². The summed E-state index contributed by atoms with van der Waals surface area (Å²) in [6.45, 7) is 18.3. The molecular formula is C26H52N4O6. The van der Waals surface area contributed by atoms with Crippen LogP contribution in [0.2, 0.25) is 0 Å². The molecule has 0 bridgehead atoms. The van der Waals surface area contributed by atoms with Crippen LogP contribution < -0.4 is 10.9 Å². The first-order chi connectivity index (χ1) is 16.4. The Morgan fingerprint density at radius 2 is 1.42 bits per heavy atom. The Morgan fingerprint density at radius 1 is 0.917 bits per heavy atom. The molecule has 2 N–H and O–H groups in total. The molecule has 0 aliphatic carbocycles. The second kappa shape index (κ2) is 17.3. The summed E-state index contributed by atoms with van der Waals surface area (Å²) in [6, 6.07) is -0.714. The third-order valence-corrected chi connectivity index (χ3v) is 4.82. The Labute approximate surface area is 218 Å². The van der Waals surface area contributed by atoms with Gasteiger partial charge in [0, 0.05) is 20.4 Å². The van der Waals surface area contributed by atoms with Crippen molar-refractivity contribution in [3.05, 3.63) is 0 Å². The summed E-state index contributed by atoms with van der Waals surface area (Å²) >= 11 is 0. The lowest BCUT2D eigenvalue weighted by Gasteiger charge is -2.42. The lowest BCUT2D eigenvalue weighted by molar-refractivity contribution is -0.187. The Balaban J connectivity index is 0. The van der Waals surface area contributed by atoms with Gasteiger partial charge in [0.25, 0.3) is 0 Å². The van der Waals surface area contributed by atoms with E-state index in [1.54, 1.807) is 20.8 Å². The molecule has 0 aromatic rings. The number of esters is 2. The Bertz CT molecular complexity index is 683. The zero-order valence-electron chi connectivity index (χ0n) is 24.7. The van der Waals surface area contributed by atoms with Crippen LogP contribution in [-0.2, 0) is 28.7 Å². The minimum atomic E-state index is -0.714. The van der Waals surface area contributed by atoms with Gasteiger partial charge in [0.05, 0.1) is 5.92 Å².